The molecular weight excluding hydrogens is 300 g/mol. The van der Waals surface area contributed by atoms with E-state index >= 15 is 0 Å². The molecule has 2 saturated heterocycles. The Kier molecular flexibility index (Phi) is 6.14. The Bertz CT molecular complexity index is 489. The maximum absolute atomic E-state index is 5.78. The molecule has 0 aliphatic carbocycles. The average Bonchev–Trinajstić information content (AvgIpc) is 2.64. The van der Waals surface area contributed by atoms with Crippen LogP contribution in [0.4, 0.5) is 5.69 Å². The number of ether oxygens (including phenoxy) is 2. The predicted octanol–water partition coefficient (Wildman–Crippen LogP) is 3.53. The molecule has 0 radical (unpaired) electrons. The molecule has 2 heterocycles. The SMILES string of the molecule is COC1(CNc2ccc(CN3CCC(C)CC3)cc2)CCOCC1. The van der Waals surface area contributed by atoms with Crippen LogP contribution in [0.3, 0.4) is 0 Å². The topological polar surface area (TPSA) is 33.7 Å². The minimum absolute atomic E-state index is 0.0819. The quantitative estimate of drug-likeness (QED) is 0.864. The number of hydrogen-bond acceptors (Lipinski definition) is 4. The second kappa shape index (κ2) is 8.32. The van der Waals surface area contributed by atoms with Crippen LogP contribution >= 0.6 is 0 Å². The third kappa shape index (κ3) is 4.71. The van der Waals surface area contributed by atoms with Gasteiger partial charge in [-0.3, -0.25) is 4.90 Å². The lowest BCUT2D eigenvalue weighted by Gasteiger charge is -2.36. The zero-order valence-corrected chi connectivity index (χ0v) is 15.2. The molecule has 0 amide bonds. The normalized spacial score (nSPS) is 22.4. The monoisotopic (exact) mass is 332 g/mol. The highest BCUT2D eigenvalue weighted by Crippen LogP contribution is 2.25. The minimum Gasteiger partial charge on any atom is -0.382 e. The summed E-state index contributed by atoms with van der Waals surface area (Å²) in [6, 6.07) is 8.91. The fraction of sp³-hybridized carbons (Fsp3) is 0.700. The fourth-order valence-corrected chi connectivity index (χ4v) is 3.67. The molecule has 24 heavy (non-hydrogen) atoms. The number of methoxy groups -OCH3 is 1. The van der Waals surface area contributed by atoms with Crippen molar-refractivity contribution in [3.05, 3.63) is 29.8 Å². The predicted molar refractivity (Wildman–Crippen MR) is 98.4 cm³/mol. The molecule has 3 rings (SSSR count). The van der Waals surface area contributed by atoms with E-state index in [-0.39, 0.29) is 5.60 Å². The van der Waals surface area contributed by atoms with E-state index in [0.29, 0.717) is 0 Å². The summed E-state index contributed by atoms with van der Waals surface area (Å²) in [7, 11) is 1.82. The number of rotatable bonds is 6. The number of hydrogen-bond donors (Lipinski definition) is 1. The highest BCUT2D eigenvalue weighted by molar-refractivity contribution is 5.45. The number of likely N-dealkylation sites (tertiary alicyclic amines) is 1. The van der Waals surface area contributed by atoms with Gasteiger partial charge in [-0.05, 0) is 49.5 Å². The number of piperidine rings is 1. The summed E-state index contributed by atoms with van der Waals surface area (Å²) in [4.78, 5) is 2.57. The van der Waals surface area contributed by atoms with Gasteiger partial charge >= 0.3 is 0 Å². The van der Waals surface area contributed by atoms with Gasteiger partial charge in [-0.15, -0.1) is 0 Å². The highest BCUT2D eigenvalue weighted by Gasteiger charge is 2.32. The molecule has 0 unspecified atom stereocenters. The Morgan fingerprint density at radius 2 is 1.83 bits per heavy atom. The van der Waals surface area contributed by atoms with E-state index in [4.69, 9.17) is 9.47 Å². The highest BCUT2D eigenvalue weighted by atomic mass is 16.5. The summed E-state index contributed by atoms with van der Waals surface area (Å²) in [6.07, 6.45) is 4.59. The molecule has 1 N–H and O–H groups in total. The molecule has 2 fully saturated rings. The maximum Gasteiger partial charge on any atom is 0.0893 e. The van der Waals surface area contributed by atoms with Gasteiger partial charge in [-0.1, -0.05) is 19.1 Å². The van der Waals surface area contributed by atoms with Crippen LogP contribution in [-0.4, -0.2) is 50.5 Å². The summed E-state index contributed by atoms with van der Waals surface area (Å²) in [5.41, 5.74) is 2.50. The van der Waals surface area contributed by atoms with E-state index in [0.717, 1.165) is 45.1 Å². The average molecular weight is 332 g/mol. The Morgan fingerprint density at radius 1 is 1.17 bits per heavy atom. The van der Waals surface area contributed by atoms with E-state index in [1.807, 2.05) is 7.11 Å². The molecule has 2 aliphatic heterocycles. The summed E-state index contributed by atoms with van der Waals surface area (Å²) < 4.78 is 11.2. The molecule has 134 valence electrons. The lowest BCUT2D eigenvalue weighted by molar-refractivity contribution is -0.0807. The summed E-state index contributed by atoms with van der Waals surface area (Å²) in [5, 5.41) is 3.55. The zero-order chi connectivity index (χ0) is 16.8. The van der Waals surface area contributed by atoms with E-state index < -0.39 is 0 Å². The van der Waals surface area contributed by atoms with Gasteiger partial charge in [0, 0.05) is 51.9 Å². The van der Waals surface area contributed by atoms with Crippen LogP contribution < -0.4 is 5.32 Å². The summed E-state index contributed by atoms with van der Waals surface area (Å²) in [5.74, 6) is 0.895. The molecule has 0 spiro atoms. The standard InChI is InChI=1S/C20H32N2O2/c1-17-7-11-22(12-8-17)15-18-3-5-19(6-4-18)21-16-20(23-2)9-13-24-14-10-20/h3-6,17,21H,7-16H2,1-2H3. The van der Waals surface area contributed by atoms with Crippen molar-refractivity contribution in [3.63, 3.8) is 0 Å². The van der Waals surface area contributed by atoms with Crippen molar-refractivity contribution < 1.29 is 9.47 Å². The van der Waals surface area contributed by atoms with Gasteiger partial charge in [0.1, 0.15) is 0 Å². The van der Waals surface area contributed by atoms with Crippen molar-refractivity contribution in [2.45, 2.75) is 44.8 Å². The first-order valence-electron chi connectivity index (χ1n) is 9.37. The zero-order valence-electron chi connectivity index (χ0n) is 15.2. The van der Waals surface area contributed by atoms with Crippen molar-refractivity contribution >= 4 is 5.69 Å². The second-order valence-corrected chi connectivity index (χ2v) is 7.51. The Hall–Kier alpha value is -1.10. The smallest absolute Gasteiger partial charge is 0.0893 e. The van der Waals surface area contributed by atoms with Gasteiger partial charge in [0.25, 0.3) is 0 Å². The Labute approximate surface area is 146 Å². The first-order chi connectivity index (χ1) is 11.7. The van der Waals surface area contributed by atoms with Crippen LogP contribution in [-0.2, 0) is 16.0 Å². The molecule has 2 aliphatic rings. The van der Waals surface area contributed by atoms with Crippen molar-refractivity contribution in [1.82, 2.24) is 4.90 Å². The molecule has 0 atom stereocenters. The molecule has 0 saturated carbocycles. The molecule has 1 aromatic rings. The van der Waals surface area contributed by atoms with Gasteiger partial charge in [0.05, 0.1) is 5.60 Å². The third-order valence-electron chi connectivity index (χ3n) is 5.69. The fourth-order valence-electron chi connectivity index (χ4n) is 3.67. The second-order valence-electron chi connectivity index (χ2n) is 7.51. The lowest BCUT2D eigenvalue weighted by atomic mass is 9.94. The summed E-state index contributed by atoms with van der Waals surface area (Å²) >= 11 is 0. The van der Waals surface area contributed by atoms with Crippen LogP contribution in [0.2, 0.25) is 0 Å². The van der Waals surface area contributed by atoms with E-state index in [1.165, 1.54) is 37.2 Å². The summed E-state index contributed by atoms with van der Waals surface area (Å²) in [6.45, 7) is 8.34. The van der Waals surface area contributed by atoms with E-state index in [9.17, 15) is 0 Å². The van der Waals surface area contributed by atoms with Crippen molar-refractivity contribution in [2.24, 2.45) is 5.92 Å². The first-order valence-corrected chi connectivity index (χ1v) is 9.37. The largest absolute Gasteiger partial charge is 0.382 e. The molecule has 0 aromatic heterocycles. The van der Waals surface area contributed by atoms with Crippen molar-refractivity contribution in [3.8, 4) is 0 Å². The molecule has 1 aromatic carbocycles. The van der Waals surface area contributed by atoms with Gasteiger partial charge < -0.3 is 14.8 Å². The number of anilines is 1. The van der Waals surface area contributed by atoms with Crippen LogP contribution in [0.15, 0.2) is 24.3 Å². The van der Waals surface area contributed by atoms with Crippen molar-refractivity contribution in [1.29, 1.82) is 0 Å². The third-order valence-corrected chi connectivity index (χ3v) is 5.69. The van der Waals surface area contributed by atoms with Crippen molar-refractivity contribution in [2.75, 3.05) is 45.3 Å². The number of nitrogens with zero attached hydrogens (tertiary/aromatic N) is 1. The molecule has 0 bridgehead atoms. The van der Waals surface area contributed by atoms with Crippen LogP contribution in [0, 0.1) is 5.92 Å². The van der Waals surface area contributed by atoms with Gasteiger partial charge in [-0.2, -0.15) is 0 Å². The number of nitrogens with one attached hydrogen (secondary N) is 1. The van der Waals surface area contributed by atoms with Gasteiger partial charge in [0.2, 0.25) is 0 Å². The van der Waals surface area contributed by atoms with E-state index in [2.05, 4.69) is 41.4 Å². The molecular formula is C20H32N2O2. The van der Waals surface area contributed by atoms with Crippen LogP contribution in [0.25, 0.3) is 0 Å². The van der Waals surface area contributed by atoms with Crippen LogP contribution in [0.1, 0.15) is 38.2 Å². The van der Waals surface area contributed by atoms with E-state index in [1.54, 1.807) is 0 Å². The Morgan fingerprint density at radius 3 is 2.46 bits per heavy atom. The number of benzene rings is 1. The van der Waals surface area contributed by atoms with Gasteiger partial charge in [0.15, 0.2) is 0 Å². The molecule has 4 heteroatoms. The Balaban J connectivity index is 1.49. The maximum atomic E-state index is 5.78. The van der Waals surface area contributed by atoms with Gasteiger partial charge in [-0.25, -0.2) is 0 Å². The lowest BCUT2D eigenvalue weighted by Crippen LogP contribution is -2.44. The first kappa shape index (κ1) is 17.7. The molecule has 4 nitrogen and oxygen atoms in total. The van der Waals surface area contributed by atoms with Crippen LogP contribution in [0.5, 0.6) is 0 Å². The minimum atomic E-state index is -0.0819.